The van der Waals surface area contributed by atoms with Crippen molar-refractivity contribution in [3.8, 4) is 0 Å². The zero-order chi connectivity index (χ0) is 14.0. The Hall–Kier alpha value is -2.13. The summed E-state index contributed by atoms with van der Waals surface area (Å²) in [5, 5.41) is 22.5. The van der Waals surface area contributed by atoms with Crippen LogP contribution in [0, 0.1) is 5.53 Å². The van der Waals surface area contributed by atoms with E-state index >= 15 is 0 Å². The lowest BCUT2D eigenvalue weighted by molar-refractivity contribution is -0.0465. The fourth-order valence-corrected chi connectivity index (χ4v) is 1.92. The Morgan fingerprint density at radius 2 is 2.42 bits per heavy atom. The lowest BCUT2D eigenvalue weighted by Crippen LogP contribution is -2.35. The molecular formula is C9H13N6O4+. The summed E-state index contributed by atoms with van der Waals surface area (Å²) < 4.78 is 6.42. The number of nitrogens with two attached hydrogens (primary N) is 1. The maximum Gasteiger partial charge on any atom is 0.351 e. The van der Waals surface area contributed by atoms with Gasteiger partial charge in [-0.15, -0.1) is 0 Å². The molecule has 5 N–H and O–H groups in total. The van der Waals surface area contributed by atoms with E-state index in [4.69, 9.17) is 21.1 Å². The Morgan fingerprint density at radius 1 is 1.68 bits per heavy atom. The number of ether oxygens (including phenoxy) is 1. The van der Waals surface area contributed by atoms with E-state index in [2.05, 4.69) is 15.0 Å². The van der Waals surface area contributed by atoms with Gasteiger partial charge in [0.2, 0.25) is 11.0 Å². The molecule has 1 aliphatic rings. The summed E-state index contributed by atoms with van der Waals surface area (Å²) in [6, 6.07) is 0.413. The van der Waals surface area contributed by atoms with Crippen LogP contribution in [0.25, 0.3) is 0 Å². The molecule has 1 saturated heterocycles. The van der Waals surface area contributed by atoms with Gasteiger partial charge >= 0.3 is 5.69 Å². The highest BCUT2D eigenvalue weighted by molar-refractivity contribution is 5.23. The molecule has 2 heterocycles. The topological polar surface area (TPSA) is 161 Å². The van der Waals surface area contributed by atoms with E-state index in [-0.39, 0.29) is 5.82 Å². The van der Waals surface area contributed by atoms with Gasteiger partial charge in [-0.25, -0.2) is 4.79 Å². The molecule has 1 aromatic rings. The van der Waals surface area contributed by atoms with Crippen LogP contribution in [-0.2, 0) is 4.74 Å². The largest absolute Gasteiger partial charge is 0.394 e. The summed E-state index contributed by atoms with van der Waals surface area (Å²) in [5.74, 6) is 0.0529. The van der Waals surface area contributed by atoms with Crippen LogP contribution in [-0.4, -0.2) is 44.6 Å². The maximum absolute atomic E-state index is 11.7. The van der Waals surface area contributed by atoms with Crippen molar-refractivity contribution in [3.05, 3.63) is 22.7 Å². The number of nitrogens with zero attached hydrogens (tertiary/aromatic N) is 4. The van der Waals surface area contributed by atoms with Crippen molar-refractivity contribution >= 4 is 5.82 Å². The van der Waals surface area contributed by atoms with E-state index in [0.29, 0.717) is 0 Å². The fourth-order valence-electron chi connectivity index (χ4n) is 1.92. The van der Waals surface area contributed by atoms with Gasteiger partial charge in [-0.05, 0) is 6.07 Å². The first kappa shape index (κ1) is 13.3. The van der Waals surface area contributed by atoms with Crippen molar-refractivity contribution in [2.45, 2.75) is 24.5 Å². The van der Waals surface area contributed by atoms with E-state index in [1.54, 1.807) is 0 Å². The molecule has 1 aliphatic heterocycles. The van der Waals surface area contributed by atoms with Crippen molar-refractivity contribution in [1.82, 2.24) is 14.5 Å². The zero-order valence-electron chi connectivity index (χ0n) is 9.75. The molecule has 0 saturated carbocycles. The second kappa shape index (κ2) is 5.24. The molecule has 0 amide bonds. The molecule has 0 bridgehead atoms. The molecule has 10 heteroatoms. The Labute approximate surface area is 106 Å². The van der Waals surface area contributed by atoms with Crippen LogP contribution in [0.5, 0.6) is 0 Å². The number of nitrogen functional groups attached to an aromatic ring is 1. The molecule has 1 aromatic heterocycles. The first-order valence-corrected chi connectivity index (χ1v) is 5.44. The van der Waals surface area contributed by atoms with Crippen molar-refractivity contribution in [2.24, 2.45) is 5.11 Å². The Balaban J connectivity index is 2.41. The third-order valence-corrected chi connectivity index (χ3v) is 2.83. The van der Waals surface area contributed by atoms with Gasteiger partial charge in [0.05, 0.1) is 6.61 Å². The smallest absolute Gasteiger partial charge is 0.351 e. The molecule has 1 fully saturated rings. The number of aliphatic hydroxyl groups excluding tert-OH is 2. The highest BCUT2D eigenvalue weighted by Crippen LogP contribution is 2.30. The summed E-state index contributed by atoms with van der Waals surface area (Å²) in [6.45, 7) is -0.446. The Kier molecular flexibility index (Phi) is 3.67. The van der Waals surface area contributed by atoms with Gasteiger partial charge in [-0.3, -0.25) is 4.57 Å². The van der Waals surface area contributed by atoms with Gasteiger partial charge in [-0.2, -0.15) is 4.98 Å². The number of aliphatic hydroxyl groups is 2. The average Bonchev–Trinajstić information content (AvgIpc) is 2.68. The lowest BCUT2D eigenvalue weighted by atomic mass is 10.1. The van der Waals surface area contributed by atoms with E-state index < -0.39 is 36.8 Å². The van der Waals surface area contributed by atoms with Crippen LogP contribution in [0.15, 0.2) is 22.2 Å². The average molecular weight is 269 g/mol. The molecule has 0 radical (unpaired) electrons. The first-order valence-electron chi connectivity index (χ1n) is 5.44. The van der Waals surface area contributed by atoms with Gasteiger partial charge in [0.25, 0.3) is 0 Å². The summed E-state index contributed by atoms with van der Waals surface area (Å²) in [6.07, 6.45) is -1.74. The second-order valence-electron chi connectivity index (χ2n) is 3.99. The summed E-state index contributed by atoms with van der Waals surface area (Å²) in [4.78, 5) is 18.1. The first-order chi connectivity index (χ1) is 9.08. The maximum atomic E-state index is 11.7. The number of nitrogens with one attached hydrogen (secondary N) is 1. The van der Waals surface area contributed by atoms with Crippen LogP contribution in [0.1, 0.15) is 6.23 Å². The van der Waals surface area contributed by atoms with Crippen LogP contribution in [0.2, 0.25) is 0 Å². The van der Waals surface area contributed by atoms with Crippen LogP contribution >= 0.6 is 0 Å². The zero-order valence-corrected chi connectivity index (χ0v) is 9.75. The number of rotatable bonds is 3. The summed E-state index contributed by atoms with van der Waals surface area (Å²) >= 11 is 0. The molecule has 0 spiro atoms. The predicted molar refractivity (Wildman–Crippen MR) is 61.0 cm³/mol. The minimum Gasteiger partial charge on any atom is -0.394 e. The Morgan fingerprint density at radius 3 is 3.00 bits per heavy atom. The van der Waals surface area contributed by atoms with Crippen LogP contribution < -0.4 is 16.3 Å². The van der Waals surface area contributed by atoms with E-state index in [1.807, 2.05) is 0 Å². The second-order valence-corrected chi connectivity index (χ2v) is 3.99. The SMILES string of the molecule is N=[N+]=N[C@@H]1[C@H](O)[C@@H](CO)O[C@H]1n1ccc(N)nc1=O. The fraction of sp³-hybridized carbons (Fsp3) is 0.556. The highest BCUT2D eigenvalue weighted by Gasteiger charge is 2.48. The number of hydrogen-bond donors (Lipinski definition) is 4. The third kappa shape index (κ3) is 2.37. The quantitative estimate of drug-likeness (QED) is 0.366. The highest BCUT2D eigenvalue weighted by atomic mass is 16.5. The normalized spacial score (nSPS) is 30.0. The van der Waals surface area contributed by atoms with Crippen molar-refractivity contribution in [1.29, 1.82) is 5.53 Å². The summed E-state index contributed by atoms with van der Waals surface area (Å²) in [7, 11) is 0. The van der Waals surface area contributed by atoms with Gasteiger partial charge < -0.3 is 20.7 Å². The number of hydrogen-bond acceptors (Lipinski definition) is 8. The minimum absolute atomic E-state index is 0.0529. The van der Waals surface area contributed by atoms with E-state index in [9.17, 15) is 9.90 Å². The van der Waals surface area contributed by atoms with Gasteiger partial charge in [-0.1, -0.05) is 0 Å². The van der Waals surface area contributed by atoms with Crippen LogP contribution in [0.3, 0.4) is 0 Å². The molecule has 102 valence electrons. The summed E-state index contributed by atoms with van der Waals surface area (Å²) in [5.41, 5.74) is 11.4. The molecular weight excluding hydrogens is 256 g/mol. The van der Waals surface area contributed by atoms with Gasteiger partial charge in [0.15, 0.2) is 6.23 Å². The van der Waals surface area contributed by atoms with Gasteiger partial charge in [0, 0.05) is 6.20 Å². The standard InChI is InChI=1S/C9H12N6O4/c10-5-1-2-15(9(18)12-5)8-6(13-14-11)7(17)4(3-16)19-8/h1-2,4,6-8,11,16-17H,3H2,(H-,10,12,18)/p+1/t4-,6-,7-,8-/m1/s1. The third-order valence-electron chi connectivity index (χ3n) is 2.83. The number of anilines is 1. The molecule has 0 aliphatic carbocycles. The van der Waals surface area contributed by atoms with Crippen LogP contribution in [0.4, 0.5) is 5.82 Å². The number of aromatic nitrogens is 2. The monoisotopic (exact) mass is 269 g/mol. The van der Waals surface area contributed by atoms with Crippen molar-refractivity contribution in [3.63, 3.8) is 0 Å². The molecule has 2 rings (SSSR count). The van der Waals surface area contributed by atoms with E-state index in [1.165, 1.54) is 12.3 Å². The van der Waals surface area contributed by atoms with E-state index in [0.717, 1.165) is 4.57 Å². The van der Waals surface area contributed by atoms with Crippen molar-refractivity contribution in [2.75, 3.05) is 12.3 Å². The van der Waals surface area contributed by atoms with Crippen molar-refractivity contribution < 1.29 is 14.9 Å². The minimum atomic E-state index is -1.17. The van der Waals surface area contributed by atoms with Gasteiger partial charge in [0.1, 0.15) is 28.7 Å². The predicted octanol–water partition coefficient (Wildman–Crippen LogP) is -2.00. The molecule has 10 nitrogen and oxygen atoms in total. The lowest BCUT2D eigenvalue weighted by Gasteiger charge is -2.14. The molecule has 0 aromatic carbocycles. The Bertz CT molecular complexity index is 568. The molecule has 0 unspecified atom stereocenters. The molecule has 19 heavy (non-hydrogen) atoms. The molecule has 4 atom stereocenters.